The fourth-order valence-electron chi connectivity index (χ4n) is 6.44. The topological polar surface area (TPSA) is 0 Å². The van der Waals surface area contributed by atoms with Crippen LogP contribution in [0.5, 0.6) is 0 Å². The van der Waals surface area contributed by atoms with E-state index in [0.717, 1.165) is 6.42 Å². The lowest BCUT2D eigenvalue weighted by Crippen LogP contribution is -2.60. The van der Waals surface area contributed by atoms with Crippen LogP contribution in [0.15, 0.2) is 84.9 Å². The first kappa shape index (κ1) is 20.4. The molecule has 0 aliphatic carbocycles. The lowest BCUT2D eigenvalue weighted by Gasteiger charge is -2.61. The summed E-state index contributed by atoms with van der Waals surface area (Å²) in [7, 11) is -1.87. The lowest BCUT2D eigenvalue weighted by atomic mass is 9.67. The molecule has 3 aromatic carbocycles. The van der Waals surface area contributed by atoms with Gasteiger partial charge in [0.2, 0.25) is 0 Å². The van der Waals surface area contributed by atoms with E-state index >= 15 is 0 Å². The first-order chi connectivity index (χ1) is 13.7. The van der Waals surface area contributed by atoms with Crippen LogP contribution in [-0.4, -0.2) is 5.16 Å². The fourth-order valence-corrected chi connectivity index (χ4v) is 13.5. The first-order valence-electron chi connectivity index (χ1n) is 10.9. The number of hydrogen-bond acceptors (Lipinski definition) is 0. The molecule has 0 radical (unpaired) electrons. The molecule has 0 bridgehead atoms. The average molecular weight is 402 g/mol. The van der Waals surface area contributed by atoms with Gasteiger partial charge in [0.25, 0.3) is 0 Å². The van der Waals surface area contributed by atoms with Gasteiger partial charge in [0.05, 0.1) is 12.4 Å². The Bertz CT molecular complexity index is 961. The van der Waals surface area contributed by atoms with Crippen LogP contribution in [-0.2, 0) is 10.6 Å². The molecule has 3 aromatic rings. The summed E-state index contributed by atoms with van der Waals surface area (Å²) in [5, 5.41) is 3.17. The van der Waals surface area contributed by atoms with Crippen LogP contribution >= 0.6 is 7.26 Å². The summed E-state index contributed by atoms with van der Waals surface area (Å²) >= 11 is 0. The highest BCUT2D eigenvalue weighted by Crippen LogP contribution is 2.84. The molecule has 0 spiro atoms. The molecular formula is C28H34P+. The highest BCUT2D eigenvalue weighted by atomic mass is 31.2. The van der Waals surface area contributed by atoms with Gasteiger partial charge < -0.3 is 0 Å². The second kappa shape index (κ2) is 6.82. The molecule has 1 aliphatic rings. The average Bonchev–Trinajstić information content (AvgIpc) is 2.74. The van der Waals surface area contributed by atoms with Crippen LogP contribution in [0.3, 0.4) is 0 Å². The molecule has 0 fully saturated rings. The van der Waals surface area contributed by atoms with Crippen molar-refractivity contribution in [2.24, 2.45) is 0 Å². The standard InChI is InChI=1S/C28H34P/c1-7-28(6)25-21-15-14-20-24(25)26(2,3)29(27(28,4)5,22-16-10-8-11-17-22)23-18-12-9-13-19-23/h8-21H,7H2,1-6H3/q+1. The molecule has 4 rings (SSSR count). The zero-order valence-corrected chi connectivity index (χ0v) is 19.6. The Kier molecular flexibility index (Phi) is 4.79. The van der Waals surface area contributed by atoms with E-state index in [1.807, 2.05) is 0 Å². The molecule has 150 valence electrons. The minimum absolute atomic E-state index is 0.0322. The fraction of sp³-hybridized carbons (Fsp3) is 0.357. The van der Waals surface area contributed by atoms with Crippen molar-refractivity contribution in [3.63, 3.8) is 0 Å². The Morgan fingerprint density at radius 3 is 1.45 bits per heavy atom. The third-order valence-electron chi connectivity index (χ3n) is 8.20. The van der Waals surface area contributed by atoms with Crippen molar-refractivity contribution >= 4 is 17.9 Å². The normalized spacial score (nSPS) is 23.9. The van der Waals surface area contributed by atoms with Gasteiger partial charge in [0, 0.05) is 5.41 Å². The molecule has 0 saturated carbocycles. The van der Waals surface area contributed by atoms with Gasteiger partial charge in [-0.2, -0.15) is 0 Å². The lowest BCUT2D eigenvalue weighted by molar-refractivity contribution is 0.332. The molecule has 1 heterocycles. The zero-order valence-electron chi connectivity index (χ0n) is 18.7. The van der Waals surface area contributed by atoms with Crippen LogP contribution < -0.4 is 10.6 Å². The Labute approximate surface area is 177 Å². The molecule has 0 aromatic heterocycles. The minimum atomic E-state index is -1.87. The van der Waals surface area contributed by atoms with Crippen molar-refractivity contribution in [1.29, 1.82) is 0 Å². The van der Waals surface area contributed by atoms with Crippen molar-refractivity contribution in [3.8, 4) is 0 Å². The highest BCUT2D eigenvalue weighted by molar-refractivity contribution is 7.91. The molecular weight excluding hydrogens is 367 g/mol. The molecule has 1 atom stereocenters. The van der Waals surface area contributed by atoms with Crippen molar-refractivity contribution in [3.05, 3.63) is 96.1 Å². The number of hydrogen-bond donors (Lipinski definition) is 0. The molecule has 1 heteroatoms. The van der Waals surface area contributed by atoms with Crippen molar-refractivity contribution in [2.45, 2.75) is 63.7 Å². The smallest absolute Gasteiger partial charge is 0.0644 e. The van der Waals surface area contributed by atoms with Gasteiger partial charge in [-0.1, -0.05) is 74.5 Å². The van der Waals surface area contributed by atoms with E-state index < -0.39 is 7.26 Å². The monoisotopic (exact) mass is 401 g/mol. The molecule has 29 heavy (non-hydrogen) atoms. The Morgan fingerprint density at radius 1 is 0.586 bits per heavy atom. The van der Waals surface area contributed by atoms with E-state index in [0.29, 0.717) is 0 Å². The van der Waals surface area contributed by atoms with E-state index in [-0.39, 0.29) is 15.7 Å². The quantitative estimate of drug-likeness (QED) is 0.413. The minimum Gasteiger partial charge on any atom is -0.0644 e. The Morgan fingerprint density at radius 2 is 1.00 bits per heavy atom. The summed E-state index contributed by atoms with van der Waals surface area (Å²) in [5.74, 6) is 0. The van der Waals surface area contributed by atoms with Crippen LogP contribution in [0, 0.1) is 0 Å². The van der Waals surface area contributed by atoms with Crippen molar-refractivity contribution in [1.82, 2.24) is 0 Å². The zero-order chi connectivity index (χ0) is 20.9. The summed E-state index contributed by atoms with van der Waals surface area (Å²) in [5.41, 5.74) is 3.17. The molecule has 0 N–H and O–H groups in total. The second-order valence-corrected chi connectivity index (χ2v) is 14.3. The summed E-state index contributed by atoms with van der Waals surface area (Å²) in [6, 6.07) is 32.1. The van der Waals surface area contributed by atoms with Gasteiger partial charge in [-0.15, -0.1) is 0 Å². The number of benzene rings is 3. The maximum Gasteiger partial charge on any atom is 0.109 e. The predicted octanol–water partition coefficient (Wildman–Crippen LogP) is 7.05. The Hall–Kier alpha value is -1.91. The molecule has 0 amide bonds. The largest absolute Gasteiger partial charge is 0.109 e. The SMILES string of the molecule is CCC1(C)c2ccccc2C(C)(C)[P+](c2ccccc2)(c2ccccc2)C1(C)C. The van der Waals surface area contributed by atoms with Gasteiger partial charge in [0.1, 0.15) is 15.8 Å². The predicted molar refractivity (Wildman–Crippen MR) is 130 cm³/mol. The number of rotatable bonds is 3. The van der Waals surface area contributed by atoms with Crippen LogP contribution in [0.25, 0.3) is 0 Å². The van der Waals surface area contributed by atoms with E-state index in [2.05, 4.69) is 126 Å². The van der Waals surface area contributed by atoms with Crippen LogP contribution in [0.4, 0.5) is 0 Å². The molecule has 1 unspecified atom stereocenters. The molecule has 0 nitrogen and oxygen atoms in total. The molecule has 1 aliphatic heterocycles. The summed E-state index contributed by atoms with van der Waals surface area (Å²) in [6.07, 6.45) is 1.13. The van der Waals surface area contributed by atoms with E-state index in [9.17, 15) is 0 Å². The Balaban J connectivity index is 2.24. The maximum absolute atomic E-state index is 2.56. The van der Waals surface area contributed by atoms with Crippen LogP contribution in [0.1, 0.15) is 59.1 Å². The molecule has 0 saturated heterocycles. The van der Waals surface area contributed by atoms with Gasteiger partial charge >= 0.3 is 0 Å². The summed E-state index contributed by atoms with van der Waals surface area (Å²) in [6.45, 7) is 15.0. The summed E-state index contributed by atoms with van der Waals surface area (Å²) < 4.78 is 0. The van der Waals surface area contributed by atoms with Crippen molar-refractivity contribution < 1.29 is 0 Å². The second-order valence-electron chi connectivity index (χ2n) is 9.69. The van der Waals surface area contributed by atoms with E-state index in [1.54, 1.807) is 5.56 Å². The summed E-state index contributed by atoms with van der Waals surface area (Å²) in [4.78, 5) is 0. The van der Waals surface area contributed by atoms with Gasteiger partial charge in [-0.3, -0.25) is 0 Å². The highest BCUT2D eigenvalue weighted by Gasteiger charge is 2.73. The maximum atomic E-state index is 2.56. The van der Waals surface area contributed by atoms with Gasteiger partial charge in [0.15, 0.2) is 0 Å². The van der Waals surface area contributed by atoms with Gasteiger partial charge in [-0.25, -0.2) is 0 Å². The van der Waals surface area contributed by atoms with Crippen LogP contribution in [0.2, 0.25) is 0 Å². The van der Waals surface area contributed by atoms with Crippen molar-refractivity contribution in [2.75, 3.05) is 0 Å². The van der Waals surface area contributed by atoms with E-state index in [1.165, 1.54) is 16.2 Å². The van der Waals surface area contributed by atoms with E-state index in [4.69, 9.17) is 0 Å². The van der Waals surface area contributed by atoms with Gasteiger partial charge in [-0.05, 0) is 69.5 Å². The number of fused-ring (bicyclic) bond motifs is 1. The first-order valence-corrected chi connectivity index (χ1v) is 12.6. The third kappa shape index (κ3) is 2.42. The third-order valence-corrected chi connectivity index (χ3v) is 14.4.